The number of amides is 1. The fourth-order valence-corrected chi connectivity index (χ4v) is 2.25. The number of pyridine rings is 1. The van der Waals surface area contributed by atoms with Gasteiger partial charge in [-0.2, -0.15) is 4.39 Å². The van der Waals surface area contributed by atoms with E-state index >= 15 is 0 Å². The lowest BCUT2D eigenvalue weighted by molar-refractivity contribution is 0.0957. The van der Waals surface area contributed by atoms with E-state index in [-0.39, 0.29) is 17.6 Å². The molecule has 1 fully saturated rings. The molecule has 1 amide bonds. The first kappa shape index (κ1) is 13.7. The van der Waals surface area contributed by atoms with Crippen molar-refractivity contribution >= 4 is 11.6 Å². The Morgan fingerprint density at radius 3 is 2.89 bits per heavy atom. The van der Waals surface area contributed by atoms with E-state index in [1.54, 1.807) is 12.1 Å². The average Bonchev–Trinajstić information content (AvgIpc) is 2.41. The Morgan fingerprint density at radius 1 is 1.53 bits per heavy atom. The molecule has 0 unspecified atom stereocenters. The van der Waals surface area contributed by atoms with Crippen LogP contribution in [0.4, 0.5) is 10.1 Å². The van der Waals surface area contributed by atoms with Crippen LogP contribution in [0.15, 0.2) is 12.1 Å². The monoisotopic (exact) mass is 266 g/mol. The minimum Gasteiger partial charge on any atom is -0.362 e. The van der Waals surface area contributed by atoms with Gasteiger partial charge in [-0.25, -0.2) is 4.98 Å². The predicted octanol–water partition coefficient (Wildman–Crippen LogP) is 0.767. The van der Waals surface area contributed by atoms with Gasteiger partial charge in [0, 0.05) is 32.2 Å². The second-order valence-corrected chi connectivity index (χ2v) is 4.90. The van der Waals surface area contributed by atoms with Gasteiger partial charge >= 0.3 is 0 Å². The summed E-state index contributed by atoms with van der Waals surface area (Å²) in [6.07, 6.45) is 0. The SMILES string of the molecule is CNC(=O)c1ccc(N2C[C@H](C)NC[C@H]2C)c(F)n1. The van der Waals surface area contributed by atoms with Crippen molar-refractivity contribution in [3.8, 4) is 0 Å². The lowest BCUT2D eigenvalue weighted by Crippen LogP contribution is -2.54. The van der Waals surface area contributed by atoms with Crippen molar-refractivity contribution < 1.29 is 9.18 Å². The van der Waals surface area contributed by atoms with Gasteiger partial charge in [-0.05, 0) is 26.0 Å². The number of carbonyl (C=O) groups excluding carboxylic acids is 1. The van der Waals surface area contributed by atoms with Gasteiger partial charge in [-0.15, -0.1) is 0 Å². The number of anilines is 1. The number of hydrogen-bond acceptors (Lipinski definition) is 4. The van der Waals surface area contributed by atoms with Gasteiger partial charge in [-0.3, -0.25) is 4.79 Å². The molecule has 2 heterocycles. The van der Waals surface area contributed by atoms with E-state index in [4.69, 9.17) is 0 Å². The molecular weight excluding hydrogens is 247 g/mol. The van der Waals surface area contributed by atoms with Gasteiger partial charge in [-0.1, -0.05) is 0 Å². The van der Waals surface area contributed by atoms with E-state index < -0.39 is 5.95 Å². The first-order valence-corrected chi connectivity index (χ1v) is 6.41. The molecule has 6 heteroatoms. The fraction of sp³-hybridized carbons (Fsp3) is 0.538. The van der Waals surface area contributed by atoms with Crippen molar-refractivity contribution in [2.45, 2.75) is 25.9 Å². The maximum Gasteiger partial charge on any atom is 0.269 e. The molecule has 2 rings (SSSR count). The van der Waals surface area contributed by atoms with Crippen LogP contribution < -0.4 is 15.5 Å². The fourth-order valence-electron chi connectivity index (χ4n) is 2.25. The second-order valence-electron chi connectivity index (χ2n) is 4.90. The molecule has 2 N–H and O–H groups in total. The molecule has 19 heavy (non-hydrogen) atoms. The van der Waals surface area contributed by atoms with Gasteiger partial charge in [0.25, 0.3) is 5.91 Å². The largest absolute Gasteiger partial charge is 0.362 e. The molecule has 0 saturated carbocycles. The van der Waals surface area contributed by atoms with Crippen molar-refractivity contribution in [1.29, 1.82) is 0 Å². The summed E-state index contributed by atoms with van der Waals surface area (Å²) in [5.41, 5.74) is 0.549. The van der Waals surface area contributed by atoms with Gasteiger partial charge in [0.05, 0.1) is 5.69 Å². The van der Waals surface area contributed by atoms with Crippen molar-refractivity contribution in [3.63, 3.8) is 0 Å². The van der Waals surface area contributed by atoms with Crippen LogP contribution >= 0.6 is 0 Å². The maximum atomic E-state index is 14.1. The summed E-state index contributed by atoms with van der Waals surface area (Å²) < 4.78 is 14.1. The van der Waals surface area contributed by atoms with Gasteiger partial charge in [0.15, 0.2) is 0 Å². The molecule has 0 aromatic carbocycles. The van der Waals surface area contributed by atoms with E-state index in [1.165, 1.54) is 7.05 Å². The van der Waals surface area contributed by atoms with Crippen LogP contribution in [0.3, 0.4) is 0 Å². The van der Waals surface area contributed by atoms with Crippen LogP contribution in [0.2, 0.25) is 0 Å². The predicted molar refractivity (Wildman–Crippen MR) is 71.9 cm³/mol. The summed E-state index contributed by atoms with van der Waals surface area (Å²) in [6.45, 7) is 5.62. The van der Waals surface area contributed by atoms with Crippen LogP contribution in [-0.4, -0.2) is 43.1 Å². The van der Waals surface area contributed by atoms with Crippen LogP contribution in [0.5, 0.6) is 0 Å². The highest BCUT2D eigenvalue weighted by Gasteiger charge is 2.25. The number of rotatable bonds is 2. The van der Waals surface area contributed by atoms with E-state index in [1.807, 2.05) is 11.8 Å². The minimum atomic E-state index is -0.595. The first-order chi connectivity index (χ1) is 9.02. The third-order valence-electron chi connectivity index (χ3n) is 3.36. The smallest absolute Gasteiger partial charge is 0.269 e. The lowest BCUT2D eigenvalue weighted by Gasteiger charge is -2.39. The molecule has 0 aliphatic carbocycles. The minimum absolute atomic E-state index is 0.0968. The lowest BCUT2D eigenvalue weighted by atomic mass is 10.1. The number of halogens is 1. The molecule has 1 saturated heterocycles. The number of aromatic nitrogens is 1. The summed E-state index contributed by atoms with van der Waals surface area (Å²) in [5, 5.41) is 5.77. The summed E-state index contributed by atoms with van der Waals surface area (Å²) in [5.74, 6) is -0.978. The summed E-state index contributed by atoms with van der Waals surface area (Å²) in [6, 6.07) is 3.67. The van der Waals surface area contributed by atoms with Crippen molar-refractivity contribution in [2.75, 3.05) is 25.0 Å². The third kappa shape index (κ3) is 2.84. The molecule has 1 aliphatic heterocycles. The highest BCUT2D eigenvalue weighted by molar-refractivity contribution is 5.92. The Morgan fingerprint density at radius 2 is 2.26 bits per heavy atom. The third-order valence-corrected chi connectivity index (χ3v) is 3.36. The molecule has 5 nitrogen and oxygen atoms in total. The van der Waals surface area contributed by atoms with Crippen molar-refractivity contribution in [3.05, 3.63) is 23.8 Å². The van der Waals surface area contributed by atoms with Crippen molar-refractivity contribution in [1.82, 2.24) is 15.6 Å². The standard InChI is InChI=1S/C13H19FN4O/c1-8-7-18(9(2)6-16-8)11-5-4-10(13(19)15-3)17-12(11)14/h4-5,8-9,16H,6-7H2,1-3H3,(H,15,19)/t8-,9+/m0/s1. The second kappa shape index (κ2) is 5.52. The zero-order valence-corrected chi connectivity index (χ0v) is 11.4. The van der Waals surface area contributed by atoms with E-state index in [0.29, 0.717) is 11.7 Å². The first-order valence-electron chi connectivity index (χ1n) is 6.41. The van der Waals surface area contributed by atoms with Crippen LogP contribution in [0.25, 0.3) is 0 Å². The quantitative estimate of drug-likeness (QED) is 0.776. The van der Waals surface area contributed by atoms with Crippen LogP contribution in [0, 0.1) is 5.95 Å². The number of nitrogens with zero attached hydrogens (tertiary/aromatic N) is 2. The van der Waals surface area contributed by atoms with E-state index in [9.17, 15) is 9.18 Å². The van der Waals surface area contributed by atoms with Crippen molar-refractivity contribution in [2.24, 2.45) is 0 Å². The van der Waals surface area contributed by atoms with Crippen LogP contribution in [-0.2, 0) is 0 Å². The highest BCUT2D eigenvalue weighted by Crippen LogP contribution is 2.22. The Balaban J connectivity index is 2.27. The molecule has 1 aromatic rings. The summed E-state index contributed by atoms with van der Waals surface area (Å²) in [4.78, 5) is 17.1. The normalized spacial score (nSPS) is 23.3. The molecule has 104 valence electrons. The molecule has 0 bridgehead atoms. The average molecular weight is 266 g/mol. The number of hydrogen-bond donors (Lipinski definition) is 2. The zero-order chi connectivity index (χ0) is 14.0. The summed E-state index contributed by atoms with van der Waals surface area (Å²) >= 11 is 0. The number of nitrogens with one attached hydrogen (secondary N) is 2. The van der Waals surface area contributed by atoms with Gasteiger partial charge < -0.3 is 15.5 Å². The topological polar surface area (TPSA) is 57.3 Å². The Kier molecular flexibility index (Phi) is 3.99. The Hall–Kier alpha value is -1.69. The molecule has 0 spiro atoms. The zero-order valence-electron chi connectivity index (χ0n) is 11.4. The van der Waals surface area contributed by atoms with E-state index in [0.717, 1.165) is 13.1 Å². The number of piperazine rings is 1. The molecule has 0 radical (unpaired) electrons. The Bertz CT molecular complexity index is 480. The number of carbonyl (C=O) groups is 1. The molecular formula is C13H19FN4O. The molecule has 1 aliphatic rings. The summed E-state index contributed by atoms with van der Waals surface area (Å²) in [7, 11) is 1.50. The van der Waals surface area contributed by atoms with E-state index in [2.05, 4.69) is 22.5 Å². The maximum absolute atomic E-state index is 14.1. The Labute approximate surface area is 112 Å². The molecule has 1 aromatic heterocycles. The van der Waals surface area contributed by atoms with Gasteiger partial charge in [0.1, 0.15) is 5.69 Å². The molecule has 2 atom stereocenters. The van der Waals surface area contributed by atoms with Gasteiger partial charge in [0.2, 0.25) is 5.95 Å². The van der Waals surface area contributed by atoms with Crippen LogP contribution in [0.1, 0.15) is 24.3 Å². The highest BCUT2D eigenvalue weighted by atomic mass is 19.1.